The van der Waals surface area contributed by atoms with E-state index in [2.05, 4.69) is 6.92 Å². The third-order valence-electron chi connectivity index (χ3n) is 3.70. The van der Waals surface area contributed by atoms with Crippen LogP contribution in [0.5, 0.6) is 0 Å². The number of hydrogen-bond acceptors (Lipinski definition) is 2. The average Bonchev–Trinajstić information content (AvgIpc) is 2.32. The van der Waals surface area contributed by atoms with E-state index in [1.165, 1.54) is 6.07 Å². The summed E-state index contributed by atoms with van der Waals surface area (Å²) in [5.41, 5.74) is 7.98. The quantitative estimate of drug-likeness (QED) is 0.845. The number of ether oxygens (including phenoxy) is 1. The summed E-state index contributed by atoms with van der Waals surface area (Å²) in [4.78, 5) is 0. The van der Waals surface area contributed by atoms with Gasteiger partial charge in [-0.05, 0) is 56.9 Å². The zero-order chi connectivity index (χ0) is 13.8. The van der Waals surface area contributed by atoms with Gasteiger partial charge in [-0.1, -0.05) is 13.0 Å². The molecule has 0 aliphatic rings. The first-order valence-corrected chi connectivity index (χ1v) is 6.57. The Labute approximate surface area is 109 Å². The number of halogens is 1. The molecule has 3 heteroatoms. The Hall–Kier alpha value is -0.930. The maximum Gasteiger partial charge on any atom is 0.123 e. The molecule has 0 aromatic heterocycles. The van der Waals surface area contributed by atoms with E-state index in [1.807, 2.05) is 26.8 Å². The van der Waals surface area contributed by atoms with Crippen LogP contribution in [0.25, 0.3) is 0 Å². The Balaban J connectivity index is 2.82. The fraction of sp³-hybridized carbons (Fsp3) is 0.600. The highest BCUT2D eigenvalue weighted by Crippen LogP contribution is 2.23. The summed E-state index contributed by atoms with van der Waals surface area (Å²) in [6.45, 7) is 8.66. The second-order valence-electron chi connectivity index (χ2n) is 4.98. The number of benzene rings is 1. The second-order valence-corrected chi connectivity index (χ2v) is 4.98. The van der Waals surface area contributed by atoms with Gasteiger partial charge in [0, 0.05) is 12.6 Å². The standard InChI is InChI=1S/C15H24FNO/c1-5-15(4,18-6-2)14(17)10-12-7-8-13(16)9-11(12)3/h7-9,14H,5-6,10,17H2,1-4H3. The number of nitrogens with two attached hydrogens (primary N) is 1. The van der Waals surface area contributed by atoms with E-state index in [9.17, 15) is 4.39 Å². The second kappa shape index (κ2) is 6.30. The topological polar surface area (TPSA) is 35.2 Å². The van der Waals surface area contributed by atoms with Crippen molar-refractivity contribution in [2.24, 2.45) is 5.73 Å². The first-order chi connectivity index (χ1) is 8.42. The van der Waals surface area contributed by atoms with Crippen molar-refractivity contribution in [3.63, 3.8) is 0 Å². The molecular formula is C15H24FNO. The van der Waals surface area contributed by atoms with Crippen molar-refractivity contribution in [2.75, 3.05) is 6.61 Å². The summed E-state index contributed by atoms with van der Waals surface area (Å²) in [7, 11) is 0. The monoisotopic (exact) mass is 253 g/mol. The third-order valence-corrected chi connectivity index (χ3v) is 3.70. The van der Waals surface area contributed by atoms with Crippen LogP contribution in [0, 0.1) is 12.7 Å². The normalized spacial score (nSPS) is 16.3. The van der Waals surface area contributed by atoms with Crippen LogP contribution in [-0.2, 0) is 11.2 Å². The minimum absolute atomic E-state index is 0.0911. The highest BCUT2D eigenvalue weighted by Gasteiger charge is 2.30. The molecule has 1 rings (SSSR count). The summed E-state index contributed by atoms with van der Waals surface area (Å²) in [5.74, 6) is -0.201. The molecule has 0 aliphatic heterocycles. The molecule has 2 unspecified atom stereocenters. The molecule has 1 aromatic carbocycles. The van der Waals surface area contributed by atoms with Crippen molar-refractivity contribution in [2.45, 2.75) is 52.2 Å². The number of hydrogen-bond donors (Lipinski definition) is 1. The van der Waals surface area contributed by atoms with Crippen molar-refractivity contribution >= 4 is 0 Å². The van der Waals surface area contributed by atoms with Gasteiger partial charge in [-0.15, -0.1) is 0 Å². The summed E-state index contributed by atoms with van der Waals surface area (Å²) >= 11 is 0. The van der Waals surface area contributed by atoms with Crippen molar-refractivity contribution in [3.8, 4) is 0 Å². The molecule has 0 fully saturated rings. The summed E-state index contributed by atoms with van der Waals surface area (Å²) in [5, 5.41) is 0. The van der Waals surface area contributed by atoms with Gasteiger partial charge in [0.05, 0.1) is 5.60 Å². The maximum absolute atomic E-state index is 13.0. The molecular weight excluding hydrogens is 229 g/mol. The van der Waals surface area contributed by atoms with Gasteiger partial charge in [-0.3, -0.25) is 0 Å². The predicted octanol–water partition coefficient (Wildman–Crippen LogP) is 3.21. The highest BCUT2D eigenvalue weighted by molar-refractivity contribution is 5.27. The van der Waals surface area contributed by atoms with Gasteiger partial charge < -0.3 is 10.5 Å². The maximum atomic E-state index is 13.0. The predicted molar refractivity (Wildman–Crippen MR) is 73.1 cm³/mol. The van der Waals surface area contributed by atoms with Crippen LogP contribution in [0.2, 0.25) is 0 Å². The van der Waals surface area contributed by atoms with E-state index in [-0.39, 0.29) is 17.5 Å². The zero-order valence-electron chi connectivity index (χ0n) is 11.8. The fourth-order valence-electron chi connectivity index (χ4n) is 2.14. The van der Waals surface area contributed by atoms with Crippen LogP contribution in [-0.4, -0.2) is 18.2 Å². The van der Waals surface area contributed by atoms with Crippen LogP contribution in [0.4, 0.5) is 4.39 Å². The number of aryl methyl sites for hydroxylation is 1. The Morgan fingerprint density at radius 1 is 1.39 bits per heavy atom. The lowest BCUT2D eigenvalue weighted by Crippen LogP contribution is -2.48. The Kier molecular flexibility index (Phi) is 5.29. The molecule has 0 amide bonds. The lowest BCUT2D eigenvalue weighted by molar-refractivity contribution is -0.0461. The highest BCUT2D eigenvalue weighted by atomic mass is 19.1. The molecule has 18 heavy (non-hydrogen) atoms. The Bertz CT molecular complexity index is 394. The molecule has 2 N–H and O–H groups in total. The van der Waals surface area contributed by atoms with Crippen molar-refractivity contribution in [3.05, 3.63) is 35.1 Å². The van der Waals surface area contributed by atoms with Crippen LogP contribution in [0.1, 0.15) is 38.3 Å². The smallest absolute Gasteiger partial charge is 0.123 e. The summed E-state index contributed by atoms with van der Waals surface area (Å²) in [6, 6.07) is 4.75. The molecule has 0 spiro atoms. The molecule has 0 radical (unpaired) electrons. The van der Waals surface area contributed by atoms with E-state index < -0.39 is 0 Å². The molecule has 1 aromatic rings. The van der Waals surface area contributed by atoms with E-state index in [0.29, 0.717) is 13.0 Å². The van der Waals surface area contributed by atoms with Gasteiger partial charge in [0.1, 0.15) is 5.82 Å². The van der Waals surface area contributed by atoms with Gasteiger partial charge in [-0.25, -0.2) is 4.39 Å². The van der Waals surface area contributed by atoms with Gasteiger partial charge in [0.15, 0.2) is 0 Å². The van der Waals surface area contributed by atoms with E-state index in [4.69, 9.17) is 10.5 Å². The first-order valence-electron chi connectivity index (χ1n) is 6.57. The lowest BCUT2D eigenvalue weighted by atomic mass is 9.88. The minimum Gasteiger partial charge on any atom is -0.374 e. The molecule has 2 nitrogen and oxygen atoms in total. The molecule has 0 heterocycles. The van der Waals surface area contributed by atoms with Crippen molar-refractivity contribution in [1.29, 1.82) is 0 Å². The molecule has 102 valence electrons. The first kappa shape index (κ1) is 15.1. The van der Waals surface area contributed by atoms with E-state index in [1.54, 1.807) is 6.07 Å². The fourth-order valence-corrected chi connectivity index (χ4v) is 2.14. The van der Waals surface area contributed by atoms with Crippen molar-refractivity contribution in [1.82, 2.24) is 0 Å². The zero-order valence-corrected chi connectivity index (χ0v) is 11.8. The summed E-state index contributed by atoms with van der Waals surface area (Å²) in [6.07, 6.45) is 1.57. The van der Waals surface area contributed by atoms with Crippen LogP contribution in [0.3, 0.4) is 0 Å². The minimum atomic E-state index is -0.324. The van der Waals surface area contributed by atoms with Gasteiger partial charge in [0.25, 0.3) is 0 Å². The van der Waals surface area contributed by atoms with Gasteiger partial charge in [-0.2, -0.15) is 0 Å². The van der Waals surface area contributed by atoms with Gasteiger partial charge in [0.2, 0.25) is 0 Å². The Morgan fingerprint density at radius 2 is 2.06 bits per heavy atom. The third kappa shape index (κ3) is 3.53. The average molecular weight is 253 g/mol. The molecule has 0 bridgehead atoms. The molecule has 0 saturated carbocycles. The molecule has 0 aliphatic carbocycles. The van der Waals surface area contributed by atoms with Crippen molar-refractivity contribution < 1.29 is 9.13 Å². The molecule has 0 saturated heterocycles. The Morgan fingerprint density at radius 3 is 2.56 bits per heavy atom. The van der Waals surface area contributed by atoms with Crippen LogP contribution >= 0.6 is 0 Å². The SMILES string of the molecule is CCOC(C)(CC)C(N)Cc1ccc(F)cc1C. The van der Waals surface area contributed by atoms with Crippen LogP contribution in [0.15, 0.2) is 18.2 Å². The van der Waals surface area contributed by atoms with Gasteiger partial charge >= 0.3 is 0 Å². The lowest BCUT2D eigenvalue weighted by Gasteiger charge is -2.34. The summed E-state index contributed by atoms with van der Waals surface area (Å²) < 4.78 is 18.8. The van der Waals surface area contributed by atoms with E-state index in [0.717, 1.165) is 17.5 Å². The van der Waals surface area contributed by atoms with E-state index >= 15 is 0 Å². The molecule has 2 atom stereocenters. The largest absolute Gasteiger partial charge is 0.374 e. The van der Waals surface area contributed by atoms with Crippen LogP contribution < -0.4 is 5.73 Å². The number of rotatable bonds is 6.